The van der Waals surface area contributed by atoms with Crippen LogP contribution in [0.1, 0.15) is 44.2 Å². The van der Waals surface area contributed by atoms with Crippen LogP contribution in [0.2, 0.25) is 0 Å². The summed E-state index contributed by atoms with van der Waals surface area (Å²) in [5.41, 5.74) is 0.127. The number of halogens is 3. The highest BCUT2D eigenvalue weighted by atomic mass is 19.4. The number of hydrogen-bond donors (Lipinski definition) is 1. The van der Waals surface area contributed by atoms with Crippen LogP contribution in [0.4, 0.5) is 13.2 Å². The lowest BCUT2D eigenvalue weighted by molar-refractivity contribution is -0.137. The molecule has 0 amide bonds. The van der Waals surface area contributed by atoms with E-state index in [9.17, 15) is 18.3 Å². The van der Waals surface area contributed by atoms with E-state index < -0.39 is 17.8 Å². The smallest absolute Gasteiger partial charge is 0.392 e. The average Bonchev–Trinajstić information content (AvgIpc) is 2.37. The third-order valence-electron chi connectivity index (χ3n) is 4.49. The molecule has 118 valence electrons. The summed E-state index contributed by atoms with van der Waals surface area (Å²) < 4.78 is 37.5. The maximum Gasteiger partial charge on any atom is 0.416 e. The zero-order valence-corrected chi connectivity index (χ0v) is 12.5. The normalized spacial score (nSPS) is 28.4. The van der Waals surface area contributed by atoms with Crippen molar-refractivity contribution in [3.8, 4) is 0 Å². The number of alkyl halides is 3. The van der Waals surface area contributed by atoms with E-state index in [0.29, 0.717) is 18.3 Å². The molecule has 2 rings (SSSR count). The molecule has 1 aromatic rings. The fraction of sp³-hybridized carbons (Fsp3) is 0.647. The molecule has 1 saturated carbocycles. The number of rotatable bonds is 3. The Bertz CT molecular complexity index is 442. The lowest BCUT2D eigenvalue weighted by atomic mass is 9.73. The van der Waals surface area contributed by atoms with Gasteiger partial charge in [-0.3, -0.25) is 0 Å². The van der Waals surface area contributed by atoms with E-state index in [1.54, 1.807) is 0 Å². The van der Waals surface area contributed by atoms with E-state index in [-0.39, 0.29) is 5.92 Å². The first kappa shape index (κ1) is 16.3. The lowest BCUT2D eigenvalue weighted by Gasteiger charge is -2.34. The summed E-state index contributed by atoms with van der Waals surface area (Å²) in [7, 11) is 0. The monoisotopic (exact) mass is 300 g/mol. The van der Waals surface area contributed by atoms with Crippen molar-refractivity contribution in [3.05, 3.63) is 35.4 Å². The molecule has 0 saturated heterocycles. The van der Waals surface area contributed by atoms with Crippen molar-refractivity contribution >= 4 is 0 Å². The molecule has 1 aliphatic rings. The Balaban J connectivity index is 1.97. The minimum absolute atomic E-state index is 0.256. The largest absolute Gasteiger partial charge is 0.416 e. The van der Waals surface area contributed by atoms with Crippen LogP contribution in [0, 0.1) is 17.8 Å². The maximum absolute atomic E-state index is 12.5. The minimum atomic E-state index is -4.30. The van der Waals surface area contributed by atoms with Crippen molar-refractivity contribution in [2.24, 2.45) is 17.8 Å². The molecule has 3 unspecified atom stereocenters. The highest BCUT2D eigenvalue weighted by Gasteiger charge is 2.31. The second-order valence-electron chi connectivity index (χ2n) is 6.64. The molecule has 1 nitrogen and oxygen atoms in total. The van der Waals surface area contributed by atoms with Gasteiger partial charge in [-0.05, 0) is 61.1 Å². The fourth-order valence-corrected chi connectivity index (χ4v) is 3.56. The van der Waals surface area contributed by atoms with Gasteiger partial charge in [0.1, 0.15) is 0 Å². The molecule has 0 aromatic heterocycles. The molecule has 0 radical (unpaired) electrons. The molecule has 1 aromatic carbocycles. The number of hydrogen-bond acceptors (Lipinski definition) is 1. The third kappa shape index (κ3) is 4.47. The average molecular weight is 300 g/mol. The van der Waals surface area contributed by atoms with Crippen LogP contribution < -0.4 is 0 Å². The van der Waals surface area contributed by atoms with Crippen LogP contribution in [-0.2, 0) is 12.6 Å². The van der Waals surface area contributed by atoms with Crippen molar-refractivity contribution in [3.63, 3.8) is 0 Å². The molecule has 1 aliphatic carbocycles. The molecule has 0 bridgehead atoms. The molecule has 4 heteroatoms. The maximum atomic E-state index is 12.5. The Kier molecular flexibility index (Phi) is 4.97. The van der Waals surface area contributed by atoms with Gasteiger partial charge in [0.05, 0.1) is 11.7 Å². The molecule has 0 spiro atoms. The Morgan fingerprint density at radius 1 is 1.05 bits per heavy atom. The van der Waals surface area contributed by atoms with Gasteiger partial charge in [0.15, 0.2) is 0 Å². The van der Waals surface area contributed by atoms with E-state index in [0.717, 1.165) is 30.5 Å². The topological polar surface area (TPSA) is 20.2 Å². The molecule has 0 heterocycles. The zero-order chi connectivity index (χ0) is 15.6. The predicted octanol–water partition coefficient (Wildman–Crippen LogP) is 4.68. The van der Waals surface area contributed by atoms with Gasteiger partial charge in [0.2, 0.25) is 0 Å². The van der Waals surface area contributed by atoms with E-state index in [1.165, 1.54) is 18.6 Å². The predicted molar refractivity (Wildman–Crippen MR) is 76.8 cm³/mol. The van der Waals surface area contributed by atoms with Crippen LogP contribution in [0.5, 0.6) is 0 Å². The van der Waals surface area contributed by atoms with Crippen LogP contribution in [0.25, 0.3) is 0 Å². The Morgan fingerprint density at radius 2 is 1.57 bits per heavy atom. The SMILES string of the molecule is CC1CC(C)CC(C(O)Cc2ccc(C(F)(F)F)cc2)C1. The molecular formula is C17H23F3O. The van der Waals surface area contributed by atoms with Crippen molar-refractivity contribution < 1.29 is 18.3 Å². The fourth-order valence-electron chi connectivity index (χ4n) is 3.56. The van der Waals surface area contributed by atoms with Gasteiger partial charge in [0, 0.05) is 0 Å². The highest BCUT2D eigenvalue weighted by molar-refractivity contribution is 5.25. The second-order valence-corrected chi connectivity index (χ2v) is 6.64. The summed E-state index contributed by atoms with van der Waals surface area (Å²) >= 11 is 0. The van der Waals surface area contributed by atoms with Gasteiger partial charge < -0.3 is 5.11 Å². The van der Waals surface area contributed by atoms with Gasteiger partial charge in [-0.2, -0.15) is 13.2 Å². The number of aliphatic hydroxyl groups is 1. The molecule has 3 atom stereocenters. The summed E-state index contributed by atoms with van der Waals surface area (Å²) in [6, 6.07) is 5.13. The van der Waals surface area contributed by atoms with Crippen LogP contribution >= 0.6 is 0 Å². The van der Waals surface area contributed by atoms with Gasteiger partial charge in [-0.25, -0.2) is 0 Å². The first-order chi connectivity index (χ1) is 9.75. The molecule has 1 N–H and O–H groups in total. The quantitative estimate of drug-likeness (QED) is 0.859. The Labute approximate surface area is 124 Å². The Hall–Kier alpha value is -1.03. The summed E-state index contributed by atoms with van der Waals surface area (Å²) in [5, 5.41) is 10.4. The van der Waals surface area contributed by atoms with Crippen molar-refractivity contribution in [1.82, 2.24) is 0 Å². The van der Waals surface area contributed by atoms with Crippen LogP contribution in [0.15, 0.2) is 24.3 Å². The second kappa shape index (κ2) is 6.39. The summed E-state index contributed by atoms with van der Waals surface area (Å²) in [6.45, 7) is 4.40. The molecule has 0 aliphatic heterocycles. The van der Waals surface area contributed by atoms with E-state index in [4.69, 9.17) is 0 Å². The standard InChI is InChI=1S/C17H23F3O/c1-11-7-12(2)9-14(8-11)16(21)10-13-3-5-15(6-4-13)17(18,19)20/h3-6,11-12,14,16,21H,7-10H2,1-2H3. The zero-order valence-electron chi connectivity index (χ0n) is 12.5. The summed E-state index contributed by atoms with van der Waals surface area (Å²) in [6.07, 6.45) is -1.12. The van der Waals surface area contributed by atoms with Crippen LogP contribution in [-0.4, -0.2) is 11.2 Å². The third-order valence-corrected chi connectivity index (χ3v) is 4.49. The van der Waals surface area contributed by atoms with Crippen molar-refractivity contribution in [2.75, 3.05) is 0 Å². The molecular weight excluding hydrogens is 277 g/mol. The van der Waals surface area contributed by atoms with Gasteiger partial charge in [-0.1, -0.05) is 26.0 Å². The van der Waals surface area contributed by atoms with Gasteiger partial charge in [-0.15, -0.1) is 0 Å². The number of aliphatic hydroxyl groups excluding tert-OH is 1. The van der Waals surface area contributed by atoms with Gasteiger partial charge in [0.25, 0.3) is 0 Å². The summed E-state index contributed by atoms with van der Waals surface area (Å²) in [5.74, 6) is 1.48. The van der Waals surface area contributed by atoms with E-state index in [2.05, 4.69) is 13.8 Å². The minimum Gasteiger partial charge on any atom is -0.392 e. The van der Waals surface area contributed by atoms with Crippen molar-refractivity contribution in [1.29, 1.82) is 0 Å². The van der Waals surface area contributed by atoms with Crippen molar-refractivity contribution in [2.45, 2.75) is 51.8 Å². The first-order valence-electron chi connectivity index (χ1n) is 7.60. The first-order valence-corrected chi connectivity index (χ1v) is 7.60. The van der Waals surface area contributed by atoms with Gasteiger partial charge >= 0.3 is 6.18 Å². The number of benzene rings is 1. The Morgan fingerprint density at radius 3 is 2.05 bits per heavy atom. The van der Waals surface area contributed by atoms with E-state index in [1.807, 2.05) is 0 Å². The highest BCUT2D eigenvalue weighted by Crippen LogP contribution is 2.35. The molecule has 21 heavy (non-hydrogen) atoms. The molecule has 1 fully saturated rings. The van der Waals surface area contributed by atoms with Crippen LogP contribution in [0.3, 0.4) is 0 Å². The lowest BCUT2D eigenvalue weighted by Crippen LogP contribution is -2.30. The van der Waals surface area contributed by atoms with E-state index >= 15 is 0 Å². The summed E-state index contributed by atoms with van der Waals surface area (Å²) in [4.78, 5) is 0.